The van der Waals surface area contributed by atoms with Crippen LogP contribution >= 0.6 is 23.5 Å². The van der Waals surface area contributed by atoms with Crippen LogP contribution in [-0.4, -0.2) is 16.5 Å². The first-order chi connectivity index (χ1) is 10.5. The standard InChI is InChI=1S/C17H16ClNO2S/c1-4-6-15(5-2)17(21)16-9-7-14(8-10-16)11-19(12-20)22-13(3)18/h4-10,12H,1-3,11H2/b15-6+. The van der Waals surface area contributed by atoms with Crippen molar-refractivity contribution in [3.05, 3.63) is 83.3 Å². The summed E-state index contributed by atoms with van der Waals surface area (Å²) in [5, 5.41) is 0. The van der Waals surface area contributed by atoms with Crippen molar-refractivity contribution >= 4 is 35.7 Å². The van der Waals surface area contributed by atoms with Crippen molar-refractivity contribution in [2.24, 2.45) is 0 Å². The van der Waals surface area contributed by atoms with E-state index in [-0.39, 0.29) is 5.78 Å². The molecule has 0 unspecified atom stereocenters. The first kappa shape index (κ1) is 18.0. The lowest BCUT2D eigenvalue weighted by Gasteiger charge is -2.15. The average molecular weight is 334 g/mol. The summed E-state index contributed by atoms with van der Waals surface area (Å²) in [6.07, 6.45) is 5.33. The molecule has 0 aromatic heterocycles. The summed E-state index contributed by atoms with van der Waals surface area (Å²) in [7, 11) is 0. The Hall–Kier alpha value is -2.04. The van der Waals surface area contributed by atoms with Crippen molar-refractivity contribution in [1.82, 2.24) is 4.31 Å². The van der Waals surface area contributed by atoms with Gasteiger partial charge in [0, 0.05) is 23.1 Å². The van der Waals surface area contributed by atoms with E-state index in [1.807, 2.05) is 0 Å². The monoisotopic (exact) mass is 333 g/mol. The Labute approximate surface area is 139 Å². The molecule has 5 heteroatoms. The van der Waals surface area contributed by atoms with Crippen molar-refractivity contribution in [3.8, 4) is 0 Å². The highest BCUT2D eigenvalue weighted by Crippen LogP contribution is 2.23. The molecular weight excluding hydrogens is 318 g/mol. The molecule has 1 aromatic carbocycles. The maximum Gasteiger partial charge on any atom is 0.220 e. The third kappa shape index (κ3) is 5.39. The second kappa shape index (κ2) is 9.07. The van der Waals surface area contributed by atoms with Crippen LogP contribution in [0.25, 0.3) is 0 Å². The number of rotatable bonds is 9. The number of carbonyl (C=O) groups is 2. The Bertz CT molecular complexity index is 620. The predicted molar refractivity (Wildman–Crippen MR) is 93.4 cm³/mol. The Morgan fingerprint density at radius 3 is 2.36 bits per heavy atom. The summed E-state index contributed by atoms with van der Waals surface area (Å²) in [5.74, 6) is -0.128. The third-order valence-corrected chi connectivity index (χ3v) is 3.52. The van der Waals surface area contributed by atoms with Gasteiger partial charge in [-0.05, 0) is 5.56 Å². The van der Waals surface area contributed by atoms with Gasteiger partial charge >= 0.3 is 0 Å². The number of benzene rings is 1. The molecule has 1 amide bonds. The van der Waals surface area contributed by atoms with E-state index < -0.39 is 0 Å². The lowest BCUT2D eigenvalue weighted by molar-refractivity contribution is -0.114. The highest BCUT2D eigenvalue weighted by atomic mass is 35.5. The van der Waals surface area contributed by atoms with Crippen LogP contribution in [0.4, 0.5) is 0 Å². The molecule has 22 heavy (non-hydrogen) atoms. The normalized spacial score (nSPS) is 10.7. The van der Waals surface area contributed by atoms with Gasteiger partial charge in [-0.15, -0.1) is 0 Å². The predicted octanol–water partition coefficient (Wildman–Crippen LogP) is 4.48. The summed E-state index contributed by atoms with van der Waals surface area (Å²) in [6, 6.07) is 6.99. The summed E-state index contributed by atoms with van der Waals surface area (Å²) in [4.78, 5) is 23.2. The van der Waals surface area contributed by atoms with Gasteiger partial charge in [0.15, 0.2) is 5.78 Å². The first-order valence-corrected chi connectivity index (χ1v) is 7.50. The van der Waals surface area contributed by atoms with Gasteiger partial charge in [-0.3, -0.25) is 13.9 Å². The zero-order valence-electron chi connectivity index (χ0n) is 12.0. The van der Waals surface area contributed by atoms with Gasteiger partial charge in [0.05, 0.1) is 10.9 Å². The zero-order chi connectivity index (χ0) is 16.5. The molecule has 0 saturated heterocycles. The molecule has 0 saturated carbocycles. The highest BCUT2D eigenvalue weighted by molar-refractivity contribution is 8.02. The third-order valence-electron chi connectivity index (χ3n) is 2.67. The lowest BCUT2D eigenvalue weighted by atomic mass is 10.0. The van der Waals surface area contributed by atoms with E-state index in [0.29, 0.717) is 28.5 Å². The number of amides is 1. The fourth-order valence-electron chi connectivity index (χ4n) is 1.69. The van der Waals surface area contributed by atoms with Gasteiger partial charge in [-0.1, -0.05) is 73.8 Å². The van der Waals surface area contributed by atoms with E-state index in [1.165, 1.54) is 10.4 Å². The largest absolute Gasteiger partial charge is 0.289 e. The number of hydrogen-bond donors (Lipinski definition) is 0. The molecule has 3 nitrogen and oxygen atoms in total. The van der Waals surface area contributed by atoms with Crippen LogP contribution in [0.15, 0.2) is 72.2 Å². The molecule has 1 aromatic rings. The first-order valence-electron chi connectivity index (χ1n) is 6.35. The quantitative estimate of drug-likeness (QED) is 0.220. The molecule has 0 spiro atoms. The fourth-order valence-corrected chi connectivity index (χ4v) is 2.47. The molecule has 0 atom stereocenters. The minimum Gasteiger partial charge on any atom is -0.289 e. The number of ketones is 1. The number of halogens is 1. The molecular formula is C17H16ClNO2S. The van der Waals surface area contributed by atoms with E-state index in [4.69, 9.17) is 11.6 Å². The summed E-state index contributed by atoms with van der Waals surface area (Å²) < 4.78 is 1.72. The van der Waals surface area contributed by atoms with E-state index >= 15 is 0 Å². The summed E-state index contributed by atoms with van der Waals surface area (Å²) in [5.41, 5.74) is 1.90. The van der Waals surface area contributed by atoms with Gasteiger partial charge in [0.1, 0.15) is 0 Å². The van der Waals surface area contributed by atoms with Crippen molar-refractivity contribution in [2.75, 3.05) is 0 Å². The van der Waals surface area contributed by atoms with E-state index in [0.717, 1.165) is 17.5 Å². The number of Topliss-reactive ketones (excluding diaryl/α,β-unsaturated/α-hetero) is 1. The minimum absolute atomic E-state index is 0.128. The molecule has 0 aliphatic rings. The van der Waals surface area contributed by atoms with E-state index in [9.17, 15) is 9.59 Å². The average Bonchev–Trinajstić information content (AvgIpc) is 2.51. The van der Waals surface area contributed by atoms with Crippen molar-refractivity contribution < 1.29 is 9.59 Å². The maximum absolute atomic E-state index is 12.2. The Kier molecular flexibility index (Phi) is 7.43. The van der Waals surface area contributed by atoms with Gasteiger partial charge in [-0.2, -0.15) is 0 Å². The van der Waals surface area contributed by atoms with Crippen LogP contribution in [0.2, 0.25) is 0 Å². The van der Waals surface area contributed by atoms with Crippen molar-refractivity contribution in [1.29, 1.82) is 0 Å². The molecule has 0 radical (unpaired) electrons. The molecule has 0 bridgehead atoms. The Balaban J connectivity index is 2.86. The van der Waals surface area contributed by atoms with Crippen LogP contribution in [-0.2, 0) is 11.3 Å². The molecule has 0 N–H and O–H groups in total. The van der Waals surface area contributed by atoms with Gasteiger partial charge in [-0.25, -0.2) is 0 Å². The molecule has 0 fully saturated rings. The maximum atomic E-state index is 12.2. The topological polar surface area (TPSA) is 37.4 Å². The summed E-state index contributed by atoms with van der Waals surface area (Å²) in [6.45, 7) is 11.1. The molecule has 114 valence electrons. The second-order valence-electron chi connectivity index (χ2n) is 4.21. The van der Waals surface area contributed by atoms with Gasteiger partial charge < -0.3 is 0 Å². The van der Waals surface area contributed by atoms with Crippen LogP contribution in [0.5, 0.6) is 0 Å². The molecule has 1 rings (SSSR count). The van der Waals surface area contributed by atoms with Crippen molar-refractivity contribution in [2.45, 2.75) is 6.54 Å². The molecule has 0 heterocycles. The minimum atomic E-state index is -0.128. The zero-order valence-corrected chi connectivity index (χ0v) is 13.6. The van der Waals surface area contributed by atoms with Gasteiger partial charge in [0.25, 0.3) is 0 Å². The van der Waals surface area contributed by atoms with Crippen LogP contribution < -0.4 is 0 Å². The second-order valence-corrected chi connectivity index (χ2v) is 6.04. The summed E-state index contributed by atoms with van der Waals surface area (Å²) >= 11 is 6.72. The number of carbonyl (C=O) groups excluding carboxylic acids is 2. The fraction of sp³-hybridized carbons (Fsp3) is 0.0588. The molecule has 0 aliphatic heterocycles. The number of nitrogens with zero attached hydrogens (tertiary/aromatic N) is 1. The van der Waals surface area contributed by atoms with Gasteiger partial charge in [0.2, 0.25) is 6.41 Å². The Morgan fingerprint density at radius 1 is 1.27 bits per heavy atom. The SMILES string of the molecule is C=C/C=C(\C=C)C(=O)c1ccc(CN(C=O)SC(=C)Cl)cc1. The van der Waals surface area contributed by atoms with Crippen LogP contribution in [0, 0.1) is 0 Å². The van der Waals surface area contributed by atoms with Crippen molar-refractivity contribution in [3.63, 3.8) is 0 Å². The van der Waals surface area contributed by atoms with Crippen LogP contribution in [0.3, 0.4) is 0 Å². The van der Waals surface area contributed by atoms with E-state index in [2.05, 4.69) is 19.7 Å². The Morgan fingerprint density at radius 2 is 1.91 bits per heavy atom. The van der Waals surface area contributed by atoms with E-state index in [1.54, 1.807) is 36.4 Å². The molecule has 0 aliphatic carbocycles. The van der Waals surface area contributed by atoms with Crippen LogP contribution in [0.1, 0.15) is 15.9 Å². The highest BCUT2D eigenvalue weighted by Gasteiger charge is 2.10. The lowest BCUT2D eigenvalue weighted by Crippen LogP contribution is -2.12. The number of hydrogen-bond acceptors (Lipinski definition) is 3. The smallest absolute Gasteiger partial charge is 0.220 e. The number of allylic oxidation sites excluding steroid dienone is 4.